The molecule has 1 aromatic heterocycles. The van der Waals surface area contributed by atoms with Gasteiger partial charge in [-0.05, 0) is 44.4 Å². The monoisotopic (exact) mass is 302 g/mol. The Labute approximate surface area is 129 Å². The van der Waals surface area contributed by atoms with Crippen molar-refractivity contribution < 1.29 is 5.11 Å². The summed E-state index contributed by atoms with van der Waals surface area (Å²) in [5.41, 5.74) is 1.09. The lowest BCUT2D eigenvalue weighted by Gasteiger charge is -2.25. The molecule has 2 aromatic rings. The van der Waals surface area contributed by atoms with Crippen LogP contribution in [0.4, 0.5) is 0 Å². The molecule has 2 heterocycles. The van der Waals surface area contributed by atoms with Crippen LogP contribution in [0.25, 0.3) is 10.2 Å². The average molecular weight is 302 g/mol. The van der Waals surface area contributed by atoms with Crippen LogP contribution in [0.2, 0.25) is 0 Å². The predicted molar refractivity (Wildman–Crippen MR) is 88.6 cm³/mol. The molecular weight excluding hydrogens is 280 g/mol. The quantitative estimate of drug-likeness (QED) is 0.825. The molecule has 0 aliphatic carbocycles. The van der Waals surface area contributed by atoms with Gasteiger partial charge in [0.05, 0.1) is 22.4 Å². The van der Waals surface area contributed by atoms with Crippen molar-refractivity contribution in [1.29, 1.82) is 0 Å². The first kappa shape index (κ1) is 14.7. The number of aromatic nitrogens is 1. The summed E-state index contributed by atoms with van der Waals surface area (Å²) in [5.74, 6) is 0. The zero-order valence-corrected chi connectivity index (χ0v) is 13.1. The third-order valence-corrected chi connectivity index (χ3v) is 5.25. The molecule has 1 aliphatic rings. The van der Waals surface area contributed by atoms with Gasteiger partial charge in [-0.2, -0.15) is 0 Å². The van der Waals surface area contributed by atoms with Crippen molar-refractivity contribution in [3.05, 3.63) is 41.9 Å². The maximum Gasteiger partial charge on any atom is 0.111 e. The number of nitrogens with zero attached hydrogens (tertiary/aromatic N) is 2. The highest BCUT2D eigenvalue weighted by Crippen LogP contribution is 2.36. The lowest BCUT2D eigenvalue weighted by molar-refractivity contribution is 0.0996. The van der Waals surface area contributed by atoms with Crippen molar-refractivity contribution in [1.82, 2.24) is 9.88 Å². The molecular formula is C17H22N2OS. The van der Waals surface area contributed by atoms with Crippen LogP contribution in [0, 0.1) is 0 Å². The minimum atomic E-state index is -0.266. The average Bonchev–Trinajstić information content (AvgIpc) is 3.10. The molecule has 0 bridgehead atoms. The maximum absolute atomic E-state index is 10.1. The van der Waals surface area contributed by atoms with Gasteiger partial charge in [0.2, 0.25) is 0 Å². The smallest absolute Gasteiger partial charge is 0.111 e. The van der Waals surface area contributed by atoms with Gasteiger partial charge in [-0.25, -0.2) is 4.98 Å². The molecule has 0 spiro atoms. The van der Waals surface area contributed by atoms with E-state index >= 15 is 0 Å². The molecule has 0 saturated carbocycles. The van der Waals surface area contributed by atoms with Crippen LogP contribution in [0.5, 0.6) is 0 Å². The van der Waals surface area contributed by atoms with E-state index in [1.807, 2.05) is 12.1 Å². The second-order valence-corrected chi connectivity index (χ2v) is 6.75. The molecule has 0 radical (unpaired) electrons. The van der Waals surface area contributed by atoms with Gasteiger partial charge in [-0.3, -0.25) is 4.90 Å². The number of rotatable bonds is 6. The van der Waals surface area contributed by atoms with E-state index in [2.05, 4.69) is 29.7 Å². The SMILES string of the molecule is C=CCCC(O)CN1CCCC1c1nc2ccccc2s1. The molecule has 1 N–H and O–H groups in total. The first-order valence-corrected chi connectivity index (χ1v) is 8.48. The highest BCUT2D eigenvalue weighted by atomic mass is 32.1. The predicted octanol–water partition coefficient (Wildman–Crippen LogP) is 3.76. The lowest BCUT2D eigenvalue weighted by Crippen LogP contribution is -2.32. The number of hydrogen-bond acceptors (Lipinski definition) is 4. The van der Waals surface area contributed by atoms with E-state index in [1.54, 1.807) is 11.3 Å². The zero-order chi connectivity index (χ0) is 14.7. The van der Waals surface area contributed by atoms with Gasteiger partial charge in [0.15, 0.2) is 0 Å². The normalized spacial score (nSPS) is 20.9. The zero-order valence-electron chi connectivity index (χ0n) is 12.2. The van der Waals surface area contributed by atoms with E-state index in [1.165, 1.54) is 16.1 Å². The molecule has 112 valence electrons. The molecule has 4 heteroatoms. The van der Waals surface area contributed by atoms with E-state index in [0.29, 0.717) is 6.04 Å². The molecule has 3 rings (SSSR count). The summed E-state index contributed by atoms with van der Waals surface area (Å²) in [4.78, 5) is 7.19. The van der Waals surface area contributed by atoms with E-state index in [0.717, 1.165) is 37.9 Å². The minimum Gasteiger partial charge on any atom is -0.392 e. The Kier molecular flexibility index (Phi) is 4.68. The van der Waals surface area contributed by atoms with Gasteiger partial charge >= 0.3 is 0 Å². The molecule has 1 saturated heterocycles. The fraction of sp³-hybridized carbons (Fsp3) is 0.471. The van der Waals surface area contributed by atoms with E-state index in [-0.39, 0.29) is 6.10 Å². The Morgan fingerprint density at radius 3 is 3.14 bits per heavy atom. The summed E-state index contributed by atoms with van der Waals surface area (Å²) < 4.78 is 1.26. The largest absolute Gasteiger partial charge is 0.392 e. The molecule has 1 aromatic carbocycles. The Bertz CT molecular complexity index is 577. The number of aliphatic hydroxyl groups is 1. The summed E-state index contributed by atoms with van der Waals surface area (Å²) in [7, 11) is 0. The molecule has 1 fully saturated rings. The summed E-state index contributed by atoms with van der Waals surface area (Å²) in [6, 6.07) is 8.69. The fourth-order valence-corrected chi connectivity index (χ4v) is 4.17. The number of likely N-dealkylation sites (tertiary alicyclic amines) is 1. The Balaban J connectivity index is 1.72. The van der Waals surface area contributed by atoms with Gasteiger partial charge < -0.3 is 5.11 Å². The summed E-state index contributed by atoms with van der Waals surface area (Å²) >= 11 is 1.79. The van der Waals surface area contributed by atoms with Gasteiger partial charge in [0.25, 0.3) is 0 Å². The second kappa shape index (κ2) is 6.69. The van der Waals surface area contributed by atoms with Crippen LogP contribution in [0.15, 0.2) is 36.9 Å². The Hall–Kier alpha value is -1.23. The lowest BCUT2D eigenvalue weighted by atomic mass is 10.1. The highest BCUT2D eigenvalue weighted by Gasteiger charge is 2.29. The van der Waals surface area contributed by atoms with Crippen LogP contribution < -0.4 is 0 Å². The second-order valence-electron chi connectivity index (χ2n) is 5.69. The third kappa shape index (κ3) is 3.34. The van der Waals surface area contributed by atoms with Crippen molar-refractivity contribution in [3.63, 3.8) is 0 Å². The number of para-hydroxylation sites is 1. The topological polar surface area (TPSA) is 36.4 Å². The van der Waals surface area contributed by atoms with Crippen molar-refractivity contribution in [2.75, 3.05) is 13.1 Å². The highest BCUT2D eigenvalue weighted by molar-refractivity contribution is 7.18. The van der Waals surface area contributed by atoms with Gasteiger partial charge in [0.1, 0.15) is 5.01 Å². The molecule has 3 nitrogen and oxygen atoms in total. The van der Waals surface area contributed by atoms with Crippen LogP contribution in [0.1, 0.15) is 36.7 Å². The van der Waals surface area contributed by atoms with Crippen LogP contribution >= 0.6 is 11.3 Å². The first-order chi connectivity index (χ1) is 10.3. The summed E-state index contributed by atoms with van der Waals surface area (Å²) in [6.45, 7) is 5.52. The van der Waals surface area contributed by atoms with Crippen molar-refractivity contribution in [2.45, 2.75) is 37.8 Å². The molecule has 0 amide bonds. The van der Waals surface area contributed by atoms with Crippen LogP contribution in [0.3, 0.4) is 0 Å². The van der Waals surface area contributed by atoms with E-state index in [4.69, 9.17) is 4.98 Å². The number of aliphatic hydroxyl groups excluding tert-OH is 1. The van der Waals surface area contributed by atoms with Gasteiger partial charge in [-0.15, -0.1) is 17.9 Å². The minimum absolute atomic E-state index is 0.266. The van der Waals surface area contributed by atoms with E-state index in [9.17, 15) is 5.11 Å². The number of allylic oxidation sites excluding steroid dienone is 1. The maximum atomic E-state index is 10.1. The number of fused-ring (bicyclic) bond motifs is 1. The van der Waals surface area contributed by atoms with Crippen molar-refractivity contribution in [2.24, 2.45) is 0 Å². The van der Waals surface area contributed by atoms with Crippen molar-refractivity contribution >= 4 is 21.6 Å². The number of β-amino-alcohol motifs (C(OH)–C–C–N with tert-alkyl or cyclic N) is 1. The number of thiazole rings is 1. The molecule has 2 unspecified atom stereocenters. The Morgan fingerprint density at radius 1 is 1.48 bits per heavy atom. The van der Waals surface area contributed by atoms with E-state index < -0.39 is 0 Å². The standard InChI is InChI=1S/C17H22N2OS/c1-2-3-7-13(20)12-19-11-6-9-15(19)17-18-14-8-4-5-10-16(14)21-17/h2,4-5,8,10,13,15,20H,1,3,6-7,9,11-12H2. The third-order valence-electron chi connectivity index (χ3n) is 4.11. The number of hydrogen-bond donors (Lipinski definition) is 1. The molecule has 2 atom stereocenters. The number of benzene rings is 1. The van der Waals surface area contributed by atoms with Crippen molar-refractivity contribution in [3.8, 4) is 0 Å². The summed E-state index contributed by atoms with van der Waals surface area (Å²) in [5, 5.41) is 11.3. The Morgan fingerprint density at radius 2 is 2.33 bits per heavy atom. The van der Waals surface area contributed by atoms with Crippen LogP contribution in [-0.2, 0) is 0 Å². The van der Waals surface area contributed by atoms with Gasteiger partial charge in [0, 0.05) is 6.54 Å². The fourth-order valence-electron chi connectivity index (χ4n) is 3.03. The molecule has 1 aliphatic heterocycles. The van der Waals surface area contributed by atoms with Crippen LogP contribution in [-0.4, -0.2) is 34.2 Å². The molecule has 21 heavy (non-hydrogen) atoms. The summed E-state index contributed by atoms with van der Waals surface area (Å²) in [6.07, 6.45) is 5.62. The van der Waals surface area contributed by atoms with Gasteiger partial charge in [-0.1, -0.05) is 18.2 Å². The first-order valence-electron chi connectivity index (χ1n) is 7.66.